The Hall–Kier alpha value is -0.480. The molecule has 0 bridgehead atoms. The highest BCUT2D eigenvalue weighted by Gasteiger charge is 2.13. The number of rotatable bonds is 3. The lowest BCUT2D eigenvalue weighted by Crippen LogP contribution is -2.10. The normalized spacial score (nSPS) is 8.21. The molecule has 0 unspecified atom stereocenters. The van der Waals surface area contributed by atoms with Gasteiger partial charge in [0.05, 0.1) is 0 Å². The van der Waals surface area contributed by atoms with E-state index in [0.29, 0.717) is 0 Å². The average molecular weight is 358 g/mol. The summed E-state index contributed by atoms with van der Waals surface area (Å²) in [6, 6.07) is 0. The molecule has 15 nitrogen and oxygen atoms in total. The Balaban J connectivity index is -0.0000000284. The maximum absolute atomic E-state index is 9.51. The Bertz CT molecular complexity index is 292. The molecule has 18 heteroatoms. The standard InChI is InChI=1S/CH2O.4H3N.H2O8S2.H2O2S/c1-2;;;;;1-9(2,3)7-8-10(4,5)6;1-3-2/h1H2;4*1H3;(H,1,2,3)(H,4,5,6);1-2H. The number of hydrogen-bond acceptors (Lipinski definition) is 14. The second-order valence-corrected chi connectivity index (χ2v) is 3.22. The molecular formula is CH18N4O11S3. The van der Waals surface area contributed by atoms with Crippen molar-refractivity contribution in [1.82, 2.24) is 24.6 Å². The van der Waals surface area contributed by atoms with Gasteiger partial charge in [0, 0.05) is 0 Å². The Morgan fingerprint density at radius 1 is 0.737 bits per heavy atom. The third-order valence-corrected chi connectivity index (χ3v) is 0.766. The minimum Gasteiger partial charge on any atom is -0.344 e. The molecule has 0 aliphatic rings. The van der Waals surface area contributed by atoms with Crippen molar-refractivity contribution in [3.63, 3.8) is 0 Å². The number of hydrogen-bond donors (Lipinski definition) is 8. The summed E-state index contributed by atoms with van der Waals surface area (Å²) in [5, 5.41) is 0. The SMILES string of the molecule is C=O.N.N.N.N.O=S(=O)(O)OOS(=O)(=O)O.OSO. The monoisotopic (exact) mass is 358 g/mol. The van der Waals surface area contributed by atoms with Crippen molar-refractivity contribution in [3.05, 3.63) is 0 Å². The molecule has 0 aromatic heterocycles. The maximum atomic E-state index is 9.51. The topological polar surface area (TPSA) is 325 Å². The molecule has 0 saturated heterocycles. The number of carbonyl (C=O) groups excluding carboxylic acids is 1. The predicted molar refractivity (Wildman–Crippen MR) is 65.3 cm³/mol. The van der Waals surface area contributed by atoms with E-state index in [1.54, 1.807) is 0 Å². The number of carbonyl (C=O) groups is 1. The highest BCUT2D eigenvalue weighted by molar-refractivity contribution is 7.87. The second-order valence-electron chi connectivity index (χ2n) is 1.07. The van der Waals surface area contributed by atoms with E-state index in [1.165, 1.54) is 0 Å². The molecule has 0 aliphatic carbocycles. The van der Waals surface area contributed by atoms with Gasteiger partial charge < -0.3 is 38.5 Å². The van der Waals surface area contributed by atoms with Crippen LogP contribution >= 0.6 is 12.3 Å². The van der Waals surface area contributed by atoms with Gasteiger partial charge in [-0.25, -0.2) is 0 Å². The third kappa shape index (κ3) is 99.3. The molecule has 19 heavy (non-hydrogen) atoms. The average Bonchev–Trinajstić information content (AvgIpc) is 2.04. The van der Waals surface area contributed by atoms with Gasteiger partial charge in [0.2, 0.25) is 0 Å². The smallest absolute Gasteiger partial charge is 0.344 e. The molecule has 0 spiro atoms. The van der Waals surface area contributed by atoms with E-state index in [1.807, 2.05) is 6.79 Å². The lowest BCUT2D eigenvalue weighted by Gasteiger charge is -1.92. The first-order chi connectivity index (χ1) is 6.62. The van der Waals surface area contributed by atoms with E-state index in [0.717, 1.165) is 0 Å². The molecule has 0 radical (unpaired) electrons. The molecule has 126 valence electrons. The lowest BCUT2D eigenvalue weighted by atomic mass is 11.9. The molecule has 0 amide bonds. The Morgan fingerprint density at radius 3 is 0.895 bits per heavy atom. The van der Waals surface area contributed by atoms with Crippen LogP contribution in [0.3, 0.4) is 0 Å². The molecule has 0 aromatic carbocycles. The van der Waals surface area contributed by atoms with Crippen molar-refractivity contribution >= 4 is 39.9 Å². The molecular weight excluding hydrogens is 340 g/mol. The summed E-state index contributed by atoms with van der Waals surface area (Å²) in [5.41, 5.74) is 0. The zero-order valence-electron chi connectivity index (χ0n) is 9.41. The van der Waals surface area contributed by atoms with Crippen LogP contribution in [-0.4, -0.2) is 41.8 Å². The van der Waals surface area contributed by atoms with E-state index in [-0.39, 0.29) is 36.9 Å². The Morgan fingerprint density at radius 2 is 0.842 bits per heavy atom. The summed E-state index contributed by atoms with van der Waals surface area (Å²) in [7, 11) is -10.0. The van der Waals surface area contributed by atoms with Gasteiger partial charge in [-0.3, -0.25) is 9.11 Å². The highest BCUT2D eigenvalue weighted by Crippen LogP contribution is 1.92. The fourth-order valence-electron chi connectivity index (χ4n) is 0.0702. The fraction of sp³-hybridized carbons (Fsp3) is 0. The van der Waals surface area contributed by atoms with Crippen molar-refractivity contribution in [2.75, 3.05) is 0 Å². The van der Waals surface area contributed by atoms with Gasteiger partial charge in [0.15, 0.2) is 12.3 Å². The maximum Gasteiger partial charge on any atom is 0.425 e. The van der Waals surface area contributed by atoms with E-state index < -0.39 is 20.8 Å². The molecule has 0 heterocycles. The highest BCUT2D eigenvalue weighted by atomic mass is 32.3. The predicted octanol–water partition coefficient (Wildman–Crippen LogP) is -0.331. The molecule has 0 aliphatic heterocycles. The van der Waals surface area contributed by atoms with Crippen molar-refractivity contribution in [2.45, 2.75) is 0 Å². The minimum absolute atomic E-state index is 0. The summed E-state index contributed by atoms with van der Waals surface area (Å²) < 4.78 is 73.0. The molecule has 0 fully saturated rings. The van der Waals surface area contributed by atoms with Crippen LogP contribution in [0.1, 0.15) is 0 Å². The van der Waals surface area contributed by atoms with Crippen molar-refractivity contribution < 1.29 is 48.5 Å². The van der Waals surface area contributed by atoms with Crippen molar-refractivity contribution in [1.29, 1.82) is 0 Å². The van der Waals surface area contributed by atoms with E-state index in [9.17, 15) is 16.8 Å². The van der Waals surface area contributed by atoms with E-state index in [4.69, 9.17) is 23.0 Å². The van der Waals surface area contributed by atoms with Crippen LogP contribution in [0.15, 0.2) is 0 Å². The molecule has 0 rings (SSSR count). The summed E-state index contributed by atoms with van der Waals surface area (Å²) in [4.78, 5) is 8.00. The van der Waals surface area contributed by atoms with Crippen LogP contribution in [0.5, 0.6) is 0 Å². The molecule has 16 N–H and O–H groups in total. The van der Waals surface area contributed by atoms with Gasteiger partial charge in [0.1, 0.15) is 6.79 Å². The minimum atomic E-state index is -5.02. The summed E-state index contributed by atoms with van der Waals surface area (Å²) in [6.07, 6.45) is 0. The summed E-state index contributed by atoms with van der Waals surface area (Å²) in [5.74, 6) is 0. The van der Waals surface area contributed by atoms with Gasteiger partial charge in [-0.15, -0.1) is 0 Å². The second kappa shape index (κ2) is 22.7. The lowest BCUT2D eigenvalue weighted by molar-refractivity contribution is -0.105. The zero-order valence-corrected chi connectivity index (χ0v) is 11.9. The first-order valence-corrected chi connectivity index (χ1v) is 5.65. The van der Waals surface area contributed by atoms with Crippen LogP contribution in [0.25, 0.3) is 0 Å². The van der Waals surface area contributed by atoms with Gasteiger partial charge in [0.25, 0.3) is 0 Å². The molecule has 0 aromatic rings. The Labute approximate surface area is 113 Å². The van der Waals surface area contributed by atoms with Gasteiger partial charge >= 0.3 is 20.8 Å². The van der Waals surface area contributed by atoms with Gasteiger partial charge in [-0.1, -0.05) is 8.67 Å². The Kier molecular flexibility index (Phi) is 51.1. The van der Waals surface area contributed by atoms with Crippen LogP contribution in [-0.2, 0) is 34.3 Å². The zero-order chi connectivity index (χ0) is 13.1. The van der Waals surface area contributed by atoms with Crippen LogP contribution < -0.4 is 24.6 Å². The van der Waals surface area contributed by atoms with E-state index >= 15 is 0 Å². The van der Waals surface area contributed by atoms with Crippen molar-refractivity contribution in [2.24, 2.45) is 0 Å². The largest absolute Gasteiger partial charge is 0.425 e. The van der Waals surface area contributed by atoms with Crippen LogP contribution in [0.2, 0.25) is 0 Å². The fourth-order valence-corrected chi connectivity index (χ4v) is 0.632. The summed E-state index contributed by atoms with van der Waals surface area (Å²) in [6.45, 7) is 2.00. The van der Waals surface area contributed by atoms with Crippen molar-refractivity contribution in [3.8, 4) is 0 Å². The summed E-state index contributed by atoms with van der Waals surface area (Å²) >= 11 is -0.250. The molecule has 0 saturated carbocycles. The van der Waals surface area contributed by atoms with Gasteiger partial charge in [-0.2, -0.15) is 16.8 Å². The molecule has 0 atom stereocenters. The quantitative estimate of drug-likeness (QED) is 0.138. The van der Waals surface area contributed by atoms with Gasteiger partial charge in [-0.05, 0) is 0 Å². The van der Waals surface area contributed by atoms with Crippen LogP contribution in [0.4, 0.5) is 0 Å². The third-order valence-electron chi connectivity index (χ3n) is 0.200. The van der Waals surface area contributed by atoms with E-state index in [2.05, 4.69) is 8.67 Å². The first-order valence-electron chi connectivity index (χ1n) is 2.19. The van der Waals surface area contributed by atoms with Crippen LogP contribution in [0, 0.1) is 0 Å². The first kappa shape index (κ1) is 42.8.